The standard InChI is InChI=1S/C24H27N3O2/c1-17-14-18(2)27(25-17)13-11-23(28)26-12-5-8-22(16-26)24(29)21-10-9-19-6-3-4-7-20(19)15-21/h3-4,6-7,9-10,14-15,22H,5,8,11-13,16H2,1-2H3. The van der Waals surface area contributed by atoms with Crippen molar-refractivity contribution in [1.82, 2.24) is 14.7 Å². The van der Waals surface area contributed by atoms with Crippen LogP contribution in [0, 0.1) is 19.8 Å². The lowest BCUT2D eigenvalue weighted by molar-refractivity contribution is -0.132. The first-order valence-corrected chi connectivity index (χ1v) is 10.3. The zero-order chi connectivity index (χ0) is 20.4. The fourth-order valence-electron chi connectivity index (χ4n) is 4.26. The maximum Gasteiger partial charge on any atom is 0.224 e. The highest BCUT2D eigenvalue weighted by molar-refractivity contribution is 6.01. The van der Waals surface area contributed by atoms with E-state index in [1.807, 2.05) is 72.0 Å². The molecular weight excluding hydrogens is 362 g/mol. The summed E-state index contributed by atoms with van der Waals surface area (Å²) in [5.41, 5.74) is 2.78. The topological polar surface area (TPSA) is 55.2 Å². The van der Waals surface area contributed by atoms with Gasteiger partial charge in [0.05, 0.1) is 5.69 Å². The molecule has 0 spiro atoms. The van der Waals surface area contributed by atoms with Crippen LogP contribution in [0.5, 0.6) is 0 Å². The van der Waals surface area contributed by atoms with Gasteiger partial charge in [0.2, 0.25) is 5.91 Å². The predicted molar refractivity (Wildman–Crippen MR) is 114 cm³/mol. The highest BCUT2D eigenvalue weighted by Crippen LogP contribution is 2.24. The molecule has 3 aromatic rings. The molecule has 150 valence electrons. The van der Waals surface area contributed by atoms with Crippen molar-refractivity contribution < 1.29 is 9.59 Å². The first-order valence-electron chi connectivity index (χ1n) is 10.3. The number of likely N-dealkylation sites (tertiary alicyclic amines) is 1. The lowest BCUT2D eigenvalue weighted by Gasteiger charge is -2.32. The fraction of sp³-hybridized carbons (Fsp3) is 0.375. The Morgan fingerprint density at radius 3 is 2.62 bits per heavy atom. The van der Waals surface area contributed by atoms with Crippen molar-refractivity contribution in [3.05, 3.63) is 65.5 Å². The maximum atomic E-state index is 13.1. The molecule has 0 saturated carbocycles. The number of carbonyl (C=O) groups excluding carboxylic acids is 2. The van der Waals surface area contributed by atoms with Crippen molar-refractivity contribution in [3.63, 3.8) is 0 Å². The second-order valence-corrected chi connectivity index (χ2v) is 8.01. The molecule has 2 aromatic carbocycles. The van der Waals surface area contributed by atoms with Crippen molar-refractivity contribution >= 4 is 22.5 Å². The number of aryl methyl sites for hydroxylation is 3. The molecule has 0 radical (unpaired) electrons. The quantitative estimate of drug-likeness (QED) is 0.616. The summed E-state index contributed by atoms with van der Waals surface area (Å²) < 4.78 is 1.88. The Kier molecular flexibility index (Phi) is 5.47. The van der Waals surface area contributed by atoms with Crippen molar-refractivity contribution in [2.45, 2.75) is 39.7 Å². The molecule has 0 aliphatic carbocycles. The van der Waals surface area contributed by atoms with Gasteiger partial charge in [0.15, 0.2) is 5.78 Å². The molecule has 1 unspecified atom stereocenters. The van der Waals surface area contributed by atoms with E-state index >= 15 is 0 Å². The molecule has 0 bridgehead atoms. The minimum absolute atomic E-state index is 0.105. The average molecular weight is 389 g/mol. The van der Waals surface area contributed by atoms with Crippen LogP contribution in [0.3, 0.4) is 0 Å². The molecular formula is C24H27N3O2. The van der Waals surface area contributed by atoms with Crippen LogP contribution >= 0.6 is 0 Å². The number of hydrogen-bond donors (Lipinski definition) is 0. The summed E-state index contributed by atoms with van der Waals surface area (Å²) in [6.45, 7) is 5.79. The largest absolute Gasteiger partial charge is 0.342 e. The Bertz CT molecular complexity index is 1050. The summed E-state index contributed by atoms with van der Waals surface area (Å²) in [5.74, 6) is 0.128. The molecule has 0 N–H and O–H groups in total. The Morgan fingerprint density at radius 2 is 1.86 bits per heavy atom. The van der Waals surface area contributed by atoms with E-state index in [0.29, 0.717) is 19.5 Å². The SMILES string of the molecule is Cc1cc(C)n(CCC(=O)N2CCCC(C(=O)c3ccc4ccccc4c3)C2)n1. The molecule has 1 aromatic heterocycles. The number of benzene rings is 2. The van der Waals surface area contributed by atoms with E-state index in [0.717, 1.165) is 47.1 Å². The zero-order valence-electron chi connectivity index (χ0n) is 17.1. The molecule has 5 nitrogen and oxygen atoms in total. The predicted octanol–water partition coefficient (Wildman–Crippen LogP) is 4.16. The lowest BCUT2D eigenvalue weighted by atomic mass is 9.89. The maximum absolute atomic E-state index is 13.1. The first kappa shape index (κ1) is 19.4. The molecule has 1 atom stereocenters. The minimum atomic E-state index is -0.123. The van der Waals surface area contributed by atoms with Crippen molar-refractivity contribution in [1.29, 1.82) is 0 Å². The Balaban J connectivity index is 1.40. The first-order chi connectivity index (χ1) is 14.0. The number of carbonyl (C=O) groups is 2. The van der Waals surface area contributed by atoms with Crippen LogP contribution in [0.1, 0.15) is 41.0 Å². The number of aromatic nitrogens is 2. The van der Waals surface area contributed by atoms with Crippen molar-refractivity contribution in [3.8, 4) is 0 Å². The Labute approximate surface area is 171 Å². The van der Waals surface area contributed by atoms with Gasteiger partial charge in [-0.25, -0.2) is 0 Å². The van der Waals surface area contributed by atoms with Gasteiger partial charge < -0.3 is 4.90 Å². The molecule has 1 amide bonds. The summed E-state index contributed by atoms with van der Waals surface area (Å²) >= 11 is 0. The van der Waals surface area contributed by atoms with Gasteiger partial charge in [-0.1, -0.05) is 36.4 Å². The third kappa shape index (κ3) is 4.24. The van der Waals surface area contributed by atoms with Crippen LogP contribution < -0.4 is 0 Å². The van der Waals surface area contributed by atoms with Gasteiger partial charge in [-0.3, -0.25) is 14.3 Å². The van der Waals surface area contributed by atoms with E-state index in [9.17, 15) is 9.59 Å². The van der Waals surface area contributed by atoms with Crippen molar-refractivity contribution in [2.24, 2.45) is 5.92 Å². The smallest absolute Gasteiger partial charge is 0.224 e. The Morgan fingerprint density at radius 1 is 1.07 bits per heavy atom. The summed E-state index contributed by atoms with van der Waals surface area (Å²) in [4.78, 5) is 27.7. The third-order valence-corrected chi connectivity index (χ3v) is 5.82. The summed E-state index contributed by atoms with van der Waals surface area (Å²) in [5, 5.41) is 6.64. The molecule has 2 heterocycles. The van der Waals surface area contributed by atoms with E-state index in [1.54, 1.807) is 0 Å². The minimum Gasteiger partial charge on any atom is -0.342 e. The van der Waals surface area contributed by atoms with Crippen LogP contribution in [0.15, 0.2) is 48.5 Å². The number of amides is 1. The monoisotopic (exact) mass is 389 g/mol. The zero-order valence-corrected chi connectivity index (χ0v) is 17.1. The fourth-order valence-corrected chi connectivity index (χ4v) is 4.26. The van der Waals surface area contributed by atoms with Gasteiger partial charge in [0, 0.05) is 43.2 Å². The van der Waals surface area contributed by atoms with Crippen LogP contribution in [-0.2, 0) is 11.3 Å². The third-order valence-electron chi connectivity index (χ3n) is 5.82. The van der Waals surface area contributed by atoms with Gasteiger partial charge in [0.25, 0.3) is 0 Å². The normalized spacial score (nSPS) is 16.9. The highest BCUT2D eigenvalue weighted by Gasteiger charge is 2.29. The second kappa shape index (κ2) is 8.19. The van der Waals surface area contributed by atoms with Crippen LogP contribution in [0.2, 0.25) is 0 Å². The number of nitrogens with zero attached hydrogens (tertiary/aromatic N) is 3. The van der Waals surface area contributed by atoms with Gasteiger partial charge in [0.1, 0.15) is 0 Å². The van der Waals surface area contributed by atoms with Gasteiger partial charge in [-0.15, -0.1) is 0 Å². The van der Waals surface area contributed by atoms with Crippen LogP contribution in [0.25, 0.3) is 10.8 Å². The van der Waals surface area contributed by atoms with Crippen molar-refractivity contribution in [2.75, 3.05) is 13.1 Å². The van der Waals surface area contributed by atoms with E-state index in [2.05, 4.69) is 5.10 Å². The molecule has 5 heteroatoms. The number of hydrogen-bond acceptors (Lipinski definition) is 3. The molecule has 1 aliphatic heterocycles. The van der Waals surface area contributed by atoms with E-state index in [4.69, 9.17) is 0 Å². The molecule has 29 heavy (non-hydrogen) atoms. The van der Waals surface area contributed by atoms with Crippen LogP contribution in [-0.4, -0.2) is 39.5 Å². The number of piperidine rings is 1. The van der Waals surface area contributed by atoms with Gasteiger partial charge >= 0.3 is 0 Å². The number of fused-ring (bicyclic) bond motifs is 1. The van der Waals surface area contributed by atoms with Gasteiger partial charge in [-0.2, -0.15) is 5.10 Å². The van der Waals surface area contributed by atoms with Gasteiger partial charge in [-0.05, 0) is 49.6 Å². The van der Waals surface area contributed by atoms with E-state index < -0.39 is 0 Å². The molecule has 4 rings (SSSR count). The molecule has 1 fully saturated rings. The number of rotatable bonds is 5. The Hall–Kier alpha value is -2.95. The van der Waals surface area contributed by atoms with Crippen LogP contribution in [0.4, 0.5) is 0 Å². The van der Waals surface area contributed by atoms with E-state index in [-0.39, 0.29) is 17.6 Å². The number of Topliss-reactive ketones (excluding diaryl/α,β-unsaturated/α-hetero) is 1. The average Bonchev–Trinajstić information content (AvgIpc) is 3.08. The summed E-state index contributed by atoms with van der Waals surface area (Å²) in [7, 11) is 0. The second-order valence-electron chi connectivity index (χ2n) is 8.01. The number of ketones is 1. The van der Waals surface area contributed by atoms with E-state index in [1.165, 1.54) is 0 Å². The lowest BCUT2D eigenvalue weighted by Crippen LogP contribution is -2.42. The molecule has 1 aliphatic rings. The highest BCUT2D eigenvalue weighted by atomic mass is 16.2. The summed E-state index contributed by atoms with van der Waals surface area (Å²) in [6, 6.07) is 16.0. The molecule has 1 saturated heterocycles. The summed E-state index contributed by atoms with van der Waals surface area (Å²) in [6.07, 6.45) is 2.13.